The maximum absolute atomic E-state index is 9.28. The molecule has 2 unspecified atom stereocenters. The van der Waals surface area contributed by atoms with Gasteiger partial charge in [0, 0.05) is 0 Å². The number of benzene rings is 1. The van der Waals surface area contributed by atoms with Gasteiger partial charge in [-0.25, -0.2) is 0 Å². The van der Waals surface area contributed by atoms with Crippen LogP contribution in [0.5, 0.6) is 5.75 Å². The molecule has 0 radical (unpaired) electrons. The maximum atomic E-state index is 9.28. The van der Waals surface area contributed by atoms with Crippen LogP contribution >= 0.6 is 0 Å². The van der Waals surface area contributed by atoms with Crippen LogP contribution in [0.3, 0.4) is 0 Å². The highest BCUT2D eigenvalue weighted by Crippen LogP contribution is 2.32. The highest BCUT2D eigenvalue weighted by Gasteiger charge is 2.18. The summed E-state index contributed by atoms with van der Waals surface area (Å²) in [7, 11) is 0. The van der Waals surface area contributed by atoms with Crippen LogP contribution in [0.2, 0.25) is 0 Å². The first-order valence-corrected chi connectivity index (χ1v) is 6.33. The summed E-state index contributed by atoms with van der Waals surface area (Å²) >= 11 is 0. The van der Waals surface area contributed by atoms with Crippen molar-refractivity contribution in [3.63, 3.8) is 0 Å². The van der Waals surface area contributed by atoms with Crippen molar-refractivity contribution in [3.8, 4) is 5.75 Å². The average molecular weight is 220 g/mol. The number of rotatable bonds is 5. The second-order valence-corrected chi connectivity index (χ2v) is 5.18. The first kappa shape index (κ1) is 13.1. The Morgan fingerprint density at radius 3 is 2.06 bits per heavy atom. The molecule has 0 aliphatic heterocycles. The molecule has 0 saturated carbocycles. The van der Waals surface area contributed by atoms with Crippen LogP contribution in [0.25, 0.3) is 0 Å². The molecule has 1 nitrogen and oxygen atoms in total. The highest BCUT2D eigenvalue weighted by molar-refractivity contribution is 5.28. The fourth-order valence-corrected chi connectivity index (χ4v) is 2.38. The summed E-state index contributed by atoms with van der Waals surface area (Å²) in [5, 5.41) is 9.28. The van der Waals surface area contributed by atoms with Crippen LogP contribution in [0.1, 0.15) is 52.0 Å². The third kappa shape index (κ3) is 3.55. The number of hydrogen-bond donors (Lipinski definition) is 1. The van der Waals surface area contributed by atoms with Crippen molar-refractivity contribution in [2.24, 2.45) is 11.8 Å². The second-order valence-electron chi connectivity index (χ2n) is 5.18. The molecule has 0 heterocycles. The Labute approximate surface area is 99.5 Å². The van der Waals surface area contributed by atoms with E-state index in [-0.39, 0.29) is 0 Å². The van der Waals surface area contributed by atoms with E-state index in [1.54, 1.807) is 12.1 Å². The normalized spacial score (nSPS) is 15.1. The molecule has 1 rings (SSSR count). The molecular weight excluding hydrogens is 196 g/mol. The lowest BCUT2D eigenvalue weighted by Crippen LogP contribution is -2.11. The van der Waals surface area contributed by atoms with Crippen molar-refractivity contribution >= 4 is 0 Å². The SMILES string of the molecule is CCC(CC(C)C)C(C)c1ccc(O)cc1. The Morgan fingerprint density at radius 1 is 1.06 bits per heavy atom. The van der Waals surface area contributed by atoms with Gasteiger partial charge in [0.2, 0.25) is 0 Å². The van der Waals surface area contributed by atoms with Crippen molar-refractivity contribution in [2.45, 2.75) is 46.5 Å². The number of hydrogen-bond acceptors (Lipinski definition) is 1. The zero-order valence-corrected chi connectivity index (χ0v) is 10.9. The van der Waals surface area contributed by atoms with Gasteiger partial charge in [0.15, 0.2) is 0 Å². The lowest BCUT2D eigenvalue weighted by molar-refractivity contribution is 0.350. The predicted molar refractivity (Wildman–Crippen MR) is 69.8 cm³/mol. The second kappa shape index (κ2) is 5.93. The van der Waals surface area contributed by atoms with Crippen molar-refractivity contribution < 1.29 is 5.11 Å². The largest absolute Gasteiger partial charge is 0.508 e. The van der Waals surface area contributed by atoms with Crippen molar-refractivity contribution in [1.82, 2.24) is 0 Å². The summed E-state index contributed by atoms with van der Waals surface area (Å²) in [5.41, 5.74) is 1.34. The lowest BCUT2D eigenvalue weighted by atomic mass is 9.81. The molecular formula is C15H24O. The van der Waals surface area contributed by atoms with Crippen LogP contribution in [0.15, 0.2) is 24.3 Å². The minimum atomic E-state index is 0.354. The van der Waals surface area contributed by atoms with Crippen molar-refractivity contribution in [3.05, 3.63) is 29.8 Å². The predicted octanol–water partition coefficient (Wildman–Crippen LogP) is 4.57. The average Bonchev–Trinajstić information content (AvgIpc) is 2.25. The van der Waals surface area contributed by atoms with E-state index in [1.165, 1.54) is 18.4 Å². The van der Waals surface area contributed by atoms with Gasteiger partial charge >= 0.3 is 0 Å². The molecule has 1 aromatic carbocycles. The Morgan fingerprint density at radius 2 is 1.62 bits per heavy atom. The van der Waals surface area contributed by atoms with Crippen LogP contribution in [0.4, 0.5) is 0 Å². The first-order chi connectivity index (χ1) is 7.54. The molecule has 0 aliphatic carbocycles. The summed E-state index contributed by atoms with van der Waals surface area (Å²) in [6, 6.07) is 7.66. The molecule has 0 amide bonds. The van der Waals surface area contributed by atoms with Crippen LogP contribution in [-0.2, 0) is 0 Å². The minimum Gasteiger partial charge on any atom is -0.508 e. The smallest absolute Gasteiger partial charge is 0.115 e. The van der Waals surface area contributed by atoms with Gasteiger partial charge in [0.05, 0.1) is 0 Å². The monoisotopic (exact) mass is 220 g/mol. The summed E-state index contributed by atoms with van der Waals surface area (Å²) in [6.45, 7) is 9.13. The summed E-state index contributed by atoms with van der Waals surface area (Å²) < 4.78 is 0. The fraction of sp³-hybridized carbons (Fsp3) is 0.600. The van der Waals surface area contributed by atoms with E-state index in [0.29, 0.717) is 11.7 Å². The number of phenols is 1. The Balaban J connectivity index is 2.74. The Hall–Kier alpha value is -0.980. The zero-order valence-electron chi connectivity index (χ0n) is 10.9. The molecule has 0 spiro atoms. The highest BCUT2D eigenvalue weighted by atomic mass is 16.3. The van der Waals surface area contributed by atoms with Crippen molar-refractivity contribution in [2.75, 3.05) is 0 Å². The van der Waals surface area contributed by atoms with E-state index >= 15 is 0 Å². The molecule has 2 atom stereocenters. The van der Waals surface area contributed by atoms with E-state index < -0.39 is 0 Å². The standard InChI is InChI=1S/C15H24O/c1-5-13(10-11(2)3)12(4)14-6-8-15(16)9-7-14/h6-9,11-13,16H,5,10H2,1-4H3. The molecule has 0 saturated heterocycles. The molecule has 1 heteroatoms. The minimum absolute atomic E-state index is 0.354. The van der Waals surface area contributed by atoms with Gasteiger partial charge in [-0.3, -0.25) is 0 Å². The maximum Gasteiger partial charge on any atom is 0.115 e. The molecule has 0 aliphatic rings. The van der Waals surface area contributed by atoms with Gasteiger partial charge in [-0.05, 0) is 41.9 Å². The van der Waals surface area contributed by atoms with Crippen LogP contribution < -0.4 is 0 Å². The van der Waals surface area contributed by atoms with Crippen molar-refractivity contribution in [1.29, 1.82) is 0 Å². The quantitative estimate of drug-likeness (QED) is 0.770. The summed E-state index contributed by atoms with van der Waals surface area (Å²) in [4.78, 5) is 0. The van der Waals surface area contributed by atoms with E-state index in [9.17, 15) is 5.11 Å². The first-order valence-electron chi connectivity index (χ1n) is 6.33. The van der Waals surface area contributed by atoms with Gasteiger partial charge in [0.25, 0.3) is 0 Å². The molecule has 16 heavy (non-hydrogen) atoms. The van der Waals surface area contributed by atoms with Gasteiger partial charge in [-0.2, -0.15) is 0 Å². The summed E-state index contributed by atoms with van der Waals surface area (Å²) in [5.74, 6) is 2.43. The fourth-order valence-electron chi connectivity index (χ4n) is 2.38. The molecule has 1 N–H and O–H groups in total. The molecule has 0 fully saturated rings. The van der Waals surface area contributed by atoms with E-state index in [0.717, 1.165) is 11.8 Å². The number of aromatic hydroxyl groups is 1. The molecule has 0 bridgehead atoms. The Bertz CT molecular complexity index is 300. The third-order valence-electron chi connectivity index (χ3n) is 3.42. The van der Waals surface area contributed by atoms with Gasteiger partial charge in [0.1, 0.15) is 5.75 Å². The summed E-state index contributed by atoms with van der Waals surface area (Å²) in [6.07, 6.45) is 2.50. The van der Waals surface area contributed by atoms with Crippen LogP contribution in [0, 0.1) is 11.8 Å². The van der Waals surface area contributed by atoms with Crippen LogP contribution in [-0.4, -0.2) is 5.11 Å². The lowest BCUT2D eigenvalue weighted by Gasteiger charge is -2.24. The number of phenolic OH excluding ortho intramolecular Hbond substituents is 1. The third-order valence-corrected chi connectivity index (χ3v) is 3.42. The van der Waals surface area contributed by atoms with Gasteiger partial charge < -0.3 is 5.11 Å². The van der Waals surface area contributed by atoms with E-state index in [2.05, 4.69) is 27.7 Å². The van der Waals surface area contributed by atoms with Gasteiger partial charge in [-0.1, -0.05) is 46.2 Å². The van der Waals surface area contributed by atoms with E-state index in [4.69, 9.17) is 0 Å². The molecule has 90 valence electrons. The van der Waals surface area contributed by atoms with E-state index in [1.807, 2.05) is 12.1 Å². The molecule has 0 aromatic heterocycles. The molecule has 1 aromatic rings. The Kier molecular flexibility index (Phi) is 4.85. The van der Waals surface area contributed by atoms with Gasteiger partial charge in [-0.15, -0.1) is 0 Å². The zero-order chi connectivity index (χ0) is 12.1. The topological polar surface area (TPSA) is 20.2 Å².